The van der Waals surface area contributed by atoms with Gasteiger partial charge in [-0.2, -0.15) is 0 Å². The third-order valence-corrected chi connectivity index (χ3v) is 9.53. The van der Waals surface area contributed by atoms with Crippen LogP contribution in [0.2, 0.25) is 0 Å². The molecule has 2 aliphatic carbocycles. The summed E-state index contributed by atoms with van der Waals surface area (Å²) in [7, 11) is 3.91. The molecule has 0 aromatic heterocycles. The van der Waals surface area contributed by atoms with Crippen LogP contribution in [0.25, 0.3) is 6.08 Å². The number of rotatable bonds is 5. The van der Waals surface area contributed by atoms with Crippen LogP contribution in [0.15, 0.2) is 42.5 Å². The van der Waals surface area contributed by atoms with E-state index in [1.807, 2.05) is 50.4 Å². The molecular weight excluding hydrogens is 508 g/mol. The first-order valence-electron chi connectivity index (χ1n) is 14.0. The second-order valence-corrected chi connectivity index (χ2v) is 11.8. The average Bonchev–Trinajstić information content (AvgIpc) is 3.25. The molecule has 40 heavy (non-hydrogen) atoms. The molecule has 2 heterocycles. The summed E-state index contributed by atoms with van der Waals surface area (Å²) in [5, 5.41) is 0. The minimum atomic E-state index is -0.818. The summed E-state index contributed by atoms with van der Waals surface area (Å²) in [4.78, 5) is 42.3. The molecule has 2 fully saturated rings. The van der Waals surface area contributed by atoms with Crippen LogP contribution in [0.1, 0.15) is 55.4 Å². The van der Waals surface area contributed by atoms with E-state index in [1.54, 1.807) is 17.0 Å². The molecular formula is C32H36N2O6. The van der Waals surface area contributed by atoms with Crippen molar-refractivity contribution in [2.75, 3.05) is 20.6 Å². The van der Waals surface area contributed by atoms with Crippen LogP contribution >= 0.6 is 0 Å². The maximum Gasteiger partial charge on any atom is 0.308 e. The van der Waals surface area contributed by atoms with Crippen LogP contribution < -0.4 is 9.47 Å². The lowest BCUT2D eigenvalue weighted by Crippen LogP contribution is -2.78. The highest BCUT2D eigenvalue weighted by atomic mass is 16.6. The Balaban J connectivity index is 1.45. The number of carbonyl (C=O) groups excluding carboxylic acids is 3. The SMILES string of the molecule is CC(=O)Oc1ccc2c3c1OC1C(N(C)C(=O)/C=C/c4cccc(C)c4)CC[C@@]4(OC(C)=O)[C@@H](C2)N(C)CC[C@]314. The topological polar surface area (TPSA) is 85.4 Å². The number of hydrogen-bond donors (Lipinski definition) is 0. The van der Waals surface area contributed by atoms with Crippen LogP contribution in [0.3, 0.4) is 0 Å². The minimum absolute atomic E-state index is 0.0301. The fourth-order valence-corrected chi connectivity index (χ4v) is 8.00. The van der Waals surface area contributed by atoms with Gasteiger partial charge in [-0.25, -0.2) is 0 Å². The lowest BCUT2D eigenvalue weighted by Gasteiger charge is -2.65. The monoisotopic (exact) mass is 544 g/mol. The molecule has 0 N–H and O–H groups in total. The number of nitrogens with zero attached hydrogens (tertiary/aromatic N) is 2. The van der Waals surface area contributed by atoms with Crippen molar-refractivity contribution in [1.29, 1.82) is 0 Å². The molecule has 1 saturated carbocycles. The molecule has 4 aliphatic rings. The van der Waals surface area contributed by atoms with Gasteiger partial charge in [0, 0.05) is 32.5 Å². The Hall–Kier alpha value is -3.65. The minimum Gasteiger partial charge on any atom is -0.483 e. The number of aryl methyl sites for hydroxylation is 1. The summed E-state index contributed by atoms with van der Waals surface area (Å²) >= 11 is 0. The van der Waals surface area contributed by atoms with Crippen LogP contribution in [-0.4, -0.2) is 72.1 Å². The maximum absolute atomic E-state index is 13.5. The van der Waals surface area contributed by atoms with Crippen LogP contribution in [0.5, 0.6) is 11.5 Å². The number of esters is 2. The van der Waals surface area contributed by atoms with Crippen molar-refractivity contribution in [2.24, 2.45) is 0 Å². The van der Waals surface area contributed by atoms with Crippen LogP contribution in [0.4, 0.5) is 0 Å². The van der Waals surface area contributed by atoms with E-state index in [4.69, 9.17) is 14.2 Å². The molecule has 1 amide bonds. The Morgan fingerprint density at radius 1 is 1.12 bits per heavy atom. The molecule has 2 aromatic carbocycles. The first-order valence-corrected chi connectivity index (χ1v) is 14.0. The summed E-state index contributed by atoms with van der Waals surface area (Å²) in [5.41, 5.74) is 2.68. The Kier molecular flexibility index (Phi) is 6.29. The van der Waals surface area contributed by atoms with Crippen LogP contribution in [0, 0.1) is 6.92 Å². The molecule has 2 bridgehead atoms. The number of carbonyl (C=O) groups is 3. The summed E-state index contributed by atoms with van der Waals surface area (Å²) in [6.07, 6.45) is 5.57. The molecule has 1 spiro atoms. The molecule has 5 atom stereocenters. The van der Waals surface area contributed by atoms with E-state index in [-0.39, 0.29) is 24.0 Å². The highest BCUT2D eigenvalue weighted by Gasteiger charge is 2.75. The highest BCUT2D eigenvalue weighted by molar-refractivity contribution is 5.92. The highest BCUT2D eigenvalue weighted by Crippen LogP contribution is 2.67. The van der Waals surface area contributed by atoms with E-state index < -0.39 is 23.1 Å². The normalized spacial score (nSPS) is 29.9. The summed E-state index contributed by atoms with van der Waals surface area (Å²) < 4.78 is 18.8. The summed E-state index contributed by atoms with van der Waals surface area (Å²) in [6, 6.07) is 11.5. The van der Waals surface area contributed by atoms with Gasteiger partial charge < -0.3 is 19.1 Å². The largest absolute Gasteiger partial charge is 0.483 e. The first kappa shape index (κ1) is 26.6. The molecule has 8 heteroatoms. The van der Waals surface area contributed by atoms with Gasteiger partial charge in [0.25, 0.3) is 0 Å². The number of likely N-dealkylation sites (tertiary alicyclic amines) is 1. The molecule has 2 aliphatic heterocycles. The second kappa shape index (κ2) is 9.47. The number of likely N-dealkylation sites (N-methyl/N-ethyl adjacent to an activating group) is 2. The molecule has 2 unspecified atom stereocenters. The van der Waals surface area contributed by atoms with Gasteiger partial charge in [-0.15, -0.1) is 0 Å². The summed E-state index contributed by atoms with van der Waals surface area (Å²) in [6.45, 7) is 5.66. The third kappa shape index (κ3) is 3.79. The van der Waals surface area contributed by atoms with Crippen molar-refractivity contribution in [3.8, 4) is 11.5 Å². The van der Waals surface area contributed by atoms with E-state index in [0.717, 1.165) is 28.8 Å². The van der Waals surface area contributed by atoms with Gasteiger partial charge in [-0.05, 0) is 69.5 Å². The van der Waals surface area contributed by atoms with E-state index in [1.165, 1.54) is 13.8 Å². The molecule has 0 radical (unpaired) electrons. The molecule has 2 aromatic rings. The van der Waals surface area contributed by atoms with Crippen LogP contribution in [-0.2, 0) is 31.0 Å². The van der Waals surface area contributed by atoms with E-state index >= 15 is 0 Å². The predicted octanol–water partition coefficient (Wildman–Crippen LogP) is 3.82. The van der Waals surface area contributed by atoms with Crippen molar-refractivity contribution in [1.82, 2.24) is 9.80 Å². The fourth-order valence-electron chi connectivity index (χ4n) is 8.00. The number of hydrogen-bond acceptors (Lipinski definition) is 7. The Labute approximate surface area is 234 Å². The lowest BCUT2D eigenvalue weighted by molar-refractivity contribution is -0.220. The van der Waals surface area contributed by atoms with E-state index in [2.05, 4.69) is 11.9 Å². The van der Waals surface area contributed by atoms with Crippen molar-refractivity contribution >= 4 is 23.9 Å². The molecule has 1 saturated heterocycles. The van der Waals surface area contributed by atoms with E-state index in [0.29, 0.717) is 37.2 Å². The van der Waals surface area contributed by atoms with Crippen molar-refractivity contribution in [3.63, 3.8) is 0 Å². The van der Waals surface area contributed by atoms with Gasteiger partial charge in [0.1, 0.15) is 11.7 Å². The zero-order chi connectivity index (χ0) is 28.4. The number of amides is 1. The van der Waals surface area contributed by atoms with Crippen molar-refractivity contribution in [2.45, 2.75) is 75.7 Å². The second-order valence-electron chi connectivity index (χ2n) is 11.8. The fraction of sp³-hybridized carbons (Fsp3) is 0.469. The Bertz CT molecular complexity index is 1430. The third-order valence-electron chi connectivity index (χ3n) is 9.53. The molecule has 8 nitrogen and oxygen atoms in total. The first-order chi connectivity index (χ1) is 19.1. The smallest absolute Gasteiger partial charge is 0.308 e. The quantitative estimate of drug-likeness (QED) is 0.322. The summed E-state index contributed by atoms with van der Waals surface area (Å²) in [5.74, 6) is 0.0377. The number of ether oxygens (including phenoxy) is 3. The molecule has 6 rings (SSSR count). The van der Waals surface area contributed by atoms with Gasteiger partial charge >= 0.3 is 11.9 Å². The Morgan fingerprint density at radius 2 is 1.93 bits per heavy atom. The Morgan fingerprint density at radius 3 is 2.65 bits per heavy atom. The van der Waals surface area contributed by atoms with Gasteiger partial charge in [0.05, 0.1) is 17.5 Å². The van der Waals surface area contributed by atoms with Gasteiger partial charge in [0.15, 0.2) is 11.5 Å². The van der Waals surface area contributed by atoms with Gasteiger partial charge in [-0.3, -0.25) is 19.3 Å². The van der Waals surface area contributed by atoms with Crippen molar-refractivity contribution in [3.05, 3.63) is 64.7 Å². The maximum atomic E-state index is 13.5. The zero-order valence-electron chi connectivity index (χ0n) is 23.7. The lowest BCUT2D eigenvalue weighted by atomic mass is 9.48. The number of piperidine rings is 1. The van der Waals surface area contributed by atoms with Crippen molar-refractivity contribution < 1.29 is 28.6 Å². The molecule has 210 valence electrons. The predicted molar refractivity (Wildman–Crippen MR) is 149 cm³/mol. The van der Waals surface area contributed by atoms with Gasteiger partial charge in [0.2, 0.25) is 5.91 Å². The average molecular weight is 545 g/mol. The van der Waals surface area contributed by atoms with Gasteiger partial charge in [-0.1, -0.05) is 35.9 Å². The zero-order valence-corrected chi connectivity index (χ0v) is 23.7. The standard InChI is InChI=1S/C32H36N2O6/c1-19-7-6-8-22(17-19)9-12-27(37)34(5)24-13-14-32(40-21(3)36)26-18-23-10-11-25(38-20(2)35)29-28(23)31(32,30(24)39-29)15-16-33(26)4/h6-12,17,24,26,30H,13-16,18H2,1-5H3/b12-9+/t24?,26-,30?,31+,32-/m1/s1. The number of benzene rings is 2. The van der Waals surface area contributed by atoms with E-state index in [9.17, 15) is 14.4 Å².